The molecular weight excluding hydrogens is 325 g/mol. The van der Waals surface area contributed by atoms with Crippen LogP contribution in [0.25, 0.3) is 21.6 Å². The molecule has 24 heavy (non-hydrogen) atoms. The lowest BCUT2D eigenvalue weighted by Crippen LogP contribution is -2.23. The lowest BCUT2D eigenvalue weighted by molar-refractivity contribution is 0.623. The van der Waals surface area contributed by atoms with Crippen molar-refractivity contribution in [2.45, 2.75) is 31.7 Å². The van der Waals surface area contributed by atoms with Crippen molar-refractivity contribution in [2.24, 2.45) is 11.5 Å². The zero-order valence-corrected chi connectivity index (χ0v) is 13.9. The molecule has 1 aliphatic carbocycles. The van der Waals surface area contributed by atoms with E-state index in [9.17, 15) is 4.39 Å². The van der Waals surface area contributed by atoms with Crippen molar-refractivity contribution in [3.8, 4) is 11.4 Å². The van der Waals surface area contributed by atoms with E-state index in [1.165, 1.54) is 29.3 Å². The maximum Gasteiger partial charge on any atom is 0.164 e. The quantitative estimate of drug-likeness (QED) is 0.763. The summed E-state index contributed by atoms with van der Waals surface area (Å²) in [6.07, 6.45) is 7.14. The predicted octanol–water partition coefficient (Wildman–Crippen LogP) is 2.73. The Labute approximate surface area is 142 Å². The summed E-state index contributed by atoms with van der Waals surface area (Å²) in [5.74, 6) is -0.0923. The molecule has 4 N–H and O–H groups in total. The molecule has 1 atom stereocenters. The normalized spacial score (nSPS) is 15.5. The second-order valence-electron chi connectivity index (χ2n) is 6.02. The number of nitrogens with zero attached hydrogens (tertiary/aromatic N) is 3. The highest BCUT2D eigenvalue weighted by Gasteiger charge is 2.24. The van der Waals surface area contributed by atoms with Gasteiger partial charge >= 0.3 is 0 Å². The predicted molar refractivity (Wildman–Crippen MR) is 93.2 cm³/mol. The molecule has 3 aromatic rings. The summed E-state index contributed by atoms with van der Waals surface area (Å²) >= 11 is 1.67. The van der Waals surface area contributed by atoms with Crippen LogP contribution >= 0.6 is 11.3 Å². The van der Waals surface area contributed by atoms with Crippen molar-refractivity contribution < 1.29 is 4.39 Å². The minimum atomic E-state index is -0.439. The van der Waals surface area contributed by atoms with E-state index in [0.29, 0.717) is 11.4 Å². The summed E-state index contributed by atoms with van der Waals surface area (Å²) < 4.78 is 14.1. The number of pyridine rings is 1. The van der Waals surface area contributed by atoms with Gasteiger partial charge in [0.05, 0.1) is 23.5 Å². The topological polar surface area (TPSA) is 90.7 Å². The Morgan fingerprint density at radius 3 is 2.88 bits per heavy atom. The zero-order chi connectivity index (χ0) is 16.7. The van der Waals surface area contributed by atoms with Crippen LogP contribution in [0.2, 0.25) is 0 Å². The van der Waals surface area contributed by atoms with Gasteiger partial charge in [-0.3, -0.25) is 4.98 Å². The van der Waals surface area contributed by atoms with E-state index in [-0.39, 0.29) is 12.6 Å². The molecule has 124 valence electrons. The van der Waals surface area contributed by atoms with E-state index < -0.39 is 5.82 Å². The standard InChI is InChI=1S/C17H18FN5S/c18-11-8-21-6-5-9(11)16-22-15(12(20)7-19)14-10-3-1-2-4-13(10)24-17(14)23-16/h5-6,8,12H,1-4,7,19-20H2. The lowest BCUT2D eigenvalue weighted by Gasteiger charge is -2.15. The Kier molecular flexibility index (Phi) is 3.99. The first-order chi connectivity index (χ1) is 11.7. The van der Waals surface area contributed by atoms with Crippen LogP contribution in [0.15, 0.2) is 18.5 Å². The fraction of sp³-hybridized carbons (Fsp3) is 0.353. The Balaban J connectivity index is 2.00. The summed E-state index contributed by atoms with van der Waals surface area (Å²) in [7, 11) is 0. The van der Waals surface area contributed by atoms with Gasteiger partial charge in [-0.05, 0) is 37.3 Å². The van der Waals surface area contributed by atoms with Crippen LogP contribution in [0.1, 0.15) is 35.0 Å². The molecule has 3 heterocycles. The van der Waals surface area contributed by atoms with Gasteiger partial charge in [-0.25, -0.2) is 14.4 Å². The monoisotopic (exact) mass is 343 g/mol. The number of hydrogen-bond donors (Lipinski definition) is 2. The summed E-state index contributed by atoms with van der Waals surface area (Å²) in [5, 5.41) is 1.03. The highest BCUT2D eigenvalue weighted by molar-refractivity contribution is 7.18. The Bertz CT molecular complexity index is 907. The third kappa shape index (κ3) is 2.49. The van der Waals surface area contributed by atoms with Gasteiger partial charge in [0.2, 0.25) is 0 Å². The van der Waals surface area contributed by atoms with Crippen LogP contribution in [0.5, 0.6) is 0 Å². The zero-order valence-electron chi connectivity index (χ0n) is 13.1. The summed E-state index contributed by atoms with van der Waals surface area (Å²) in [4.78, 5) is 15.3. The number of halogens is 1. The maximum absolute atomic E-state index is 14.1. The van der Waals surface area contributed by atoms with Gasteiger partial charge in [-0.15, -0.1) is 11.3 Å². The van der Waals surface area contributed by atoms with E-state index in [4.69, 9.17) is 11.5 Å². The van der Waals surface area contributed by atoms with Gasteiger partial charge in [0.25, 0.3) is 0 Å². The molecule has 0 spiro atoms. The maximum atomic E-state index is 14.1. The smallest absolute Gasteiger partial charge is 0.164 e. The van der Waals surface area contributed by atoms with Crippen LogP contribution in [-0.4, -0.2) is 21.5 Å². The number of rotatable bonds is 3. The van der Waals surface area contributed by atoms with Crippen LogP contribution < -0.4 is 11.5 Å². The summed E-state index contributed by atoms with van der Waals surface area (Å²) in [5.41, 5.74) is 14.4. The molecule has 0 bridgehead atoms. The van der Waals surface area contributed by atoms with E-state index >= 15 is 0 Å². The molecule has 0 amide bonds. The fourth-order valence-corrected chi connectivity index (χ4v) is 4.51. The Morgan fingerprint density at radius 2 is 2.08 bits per heavy atom. The van der Waals surface area contributed by atoms with Crippen molar-refractivity contribution in [3.05, 3.63) is 40.4 Å². The molecule has 0 saturated carbocycles. The highest BCUT2D eigenvalue weighted by atomic mass is 32.1. The first kappa shape index (κ1) is 15.6. The van der Waals surface area contributed by atoms with Crippen LogP contribution in [0.4, 0.5) is 4.39 Å². The average molecular weight is 343 g/mol. The molecule has 4 rings (SSSR count). The van der Waals surface area contributed by atoms with Gasteiger partial charge in [0.1, 0.15) is 4.83 Å². The molecule has 0 aliphatic heterocycles. The van der Waals surface area contributed by atoms with Crippen molar-refractivity contribution in [3.63, 3.8) is 0 Å². The van der Waals surface area contributed by atoms with E-state index in [1.54, 1.807) is 17.4 Å². The number of aromatic nitrogens is 3. The Hall–Kier alpha value is -1.96. The minimum absolute atomic E-state index is 0.287. The average Bonchev–Trinajstić information content (AvgIpc) is 2.99. The molecule has 7 heteroatoms. The molecule has 0 fully saturated rings. The molecule has 0 aromatic carbocycles. The number of aryl methyl sites for hydroxylation is 2. The molecule has 3 aromatic heterocycles. The molecule has 1 aliphatic rings. The molecule has 0 saturated heterocycles. The SMILES string of the molecule is NCC(N)c1nc(-c2ccncc2F)nc2sc3c(c12)CCCC3. The van der Waals surface area contributed by atoms with Crippen molar-refractivity contribution in [1.29, 1.82) is 0 Å². The molecule has 1 unspecified atom stereocenters. The van der Waals surface area contributed by atoms with Gasteiger partial charge in [0, 0.05) is 23.0 Å². The van der Waals surface area contributed by atoms with E-state index in [0.717, 1.165) is 35.2 Å². The van der Waals surface area contributed by atoms with E-state index in [1.807, 2.05) is 0 Å². The molecular formula is C17H18FN5S. The van der Waals surface area contributed by atoms with Gasteiger partial charge in [0.15, 0.2) is 11.6 Å². The summed E-state index contributed by atoms with van der Waals surface area (Å²) in [6.45, 7) is 0.287. The number of fused-ring (bicyclic) bond motifs is 3. The molecule has 5 nitrogen and oxygen atoms in total. The summed E-state index contributed by atoms with van der Waals surface area (Å²) in [6, 6.07) is 1.20. The Morgan fingerprint density at radius 1 is 1.25 bits per heavy atom. The highest BCUT2D eigenvalue weighted by Crippen LogP contribution is 2.39. The number of hydrogen-bond acceptors (Lipinski definition) is 6. The fourth-order valence-electron chi connectivity index (χ4n) is 3.24. The minimum Gasteiger partial charge on any atom is -0.329 e. The first-order valence-corrected chi connectivity index (χ1v) is 8.88. The van der Waals surface area contributed by atoms with Gasteiger partial charge in [-0.2, -0.15) is 0 Å². The third-order valence-corrected chi connectivity index (χ3v) is 5.65. The van der Waals surface area contributed by atoms with Gasteiger partial charge in [-0.1, -0.05) is 0 Å². The largest absolute Gasteiger partial charge is 0.329 e. The van der Waals surface area contributed by atoms with Crippen molar-refractivity contribution in [1.82, 2.24) is 15.0 Å². The van der Waals surface area contributed by atoms with Crippen LogP contribution in [-0.2, 0) is 12.8 Å². The van der Waals surface area contributed by atoms with E-state index in [2.05, 4.69) is 15.0 Å². The third-order valence-electron chi connectivity index (χ3n) is 4.46. The van der Waals surface area contributed by atoms with Crippen molar-refractivity contribution in [2.75, 3.05) is 6.54 Å². The lowest BCUT2D eigenvalue weighted by atomic mass is 9.95. The number of nitrogens with two attached hydrogens (primary N) is 2. The van der Waals surface area contributed by atoms with Crippen LogP contribution in [0.3, 0.4) is 0 Å². The second kappa shape index (κ2) is 6.16. The van der Waals surface area contributed by atoms with Crippen molar-refractivity contribution >= 4 is 21.6 Å². The number of thiophene rings is 1. The van der Waals surface area contributed by atoms with Gasteiger partial charge < -0.3 is 11.5 Å². The van der Waals surface area contributed by atoms with Crippen LogP contribution in [0, 0.1) is 5.82 Å². The first-order valence-electron chi connectivity index (χ1n) is 8.06. The molecule has 0 radical (unpaired) electrons. The second-order valence-corrected chi connectivity index (χ2v) is 7.10.